The highest BCUT2D eigenvalue weighted by Gasteiger charge is 2.18. The third-order valence-corrected chi connectivity index (χ3v) is 5.90. The van der Waals surface area contributed by atoms with Gasteiger partial charge in [-0.1, -0.05) is 48.0 Å². The molecule has 2 aromatic carbocycles. The maximum Gasteiger partial charge on any atom is 0.414 e. The van der Waals surface area contributed by atoms with Crippen LogP contribution in [0.15, 0.2) is 67.0 Å². The van der Waals surface area contributed by atoms with Crippen molar-refractivity contribution in [2.24, 2.45) is 0 Å². The first-order valence-electron chi connectivity index (χ1n) is 11.4. The number of aliphatic hydroxyl groups excluding tert-OH is 2. The Kier molecular flexibility index (Phi) is 8.34. The third-order valence-electron chi connectivity index (χ3n) is 5.61. The highest BCUT2D eigenvalue weighted by atomic mass is 35.5. The number of carbonyl (C=O) groups is 1. The number of anilines is 1. The Hall–Kier alpha value is -3.99. The van der Waals surface area contributed by atoms with Crippen molar-refractivity contribution in [2.45, 2.75) is 19.0 Å². The Bertz CT molecular complexity index is 1370. The molecule has 0 aliphatic rings. The second kappa shape index (κ2) is 11.8. The van der Waals surface area contributed by atoms with E-state index in [0.717, 1.165) is 11.1 Å². The molecule has 2 aromatic heterocycles. The van der Waals surface area contributed by atoms with Gasteiger partial charge in [-0.15, -0.1) is 0 Å². The summed E-state index contributed by atoms with van der Waals surface area (Å²) >= 11 is 5.88. The molecule has 9 nitrogen and oxygen atoms in total. The smallest absolute Gasteiger partial charge is 0.394 e. The molecular formula is C26H25ClFN5O4. The maximum atomic E-state index is 13.5. The van der Waals surface area contributed by atoms with Gasteiger partial charge in [-0.3, -0.25) is 0 Å². The van der Waals surface area contributed by atoms with E-state index in [9.17, 15) is 19.4 Å². The molecule has 2 heterocycles. The number of nitrogens with one attached hydrogen (secondary N) is 3. The van der Waals surface area contributed by atoms with Crippen LogP contribution in [0, 0.1) is 12.7 Å². The molecule has 1 amide bonds. The van der Waals surface area contributed by atoms with Crippen molar-refractivity contribution in [2.75, 3.05) is 18.5 Å². The van der Waals surface area contributed by atoms with Crippen molar-refractivity contribution in [3.05, 3.63) is 94.5 Å². The summed E-state index contributed by atoms with van der Waals surface area (Å²) in [5.74, 6) is -0.142. The number of amides is 1. The van der Waals surface area contributed by atoms with Gasteiger partial charge in [-0.05, 0) is 35.7 Å². The van der Waals surface area contributed by atoms with Crippen LogP contribution in [0.2, 0.25) is 5.02 Å². The average Bonchev–Trinajstić information content (AvgIpc) is 3.37. The molecule has 4 rings (SSSR count). The first kappa shape index (κ1) is 26.1. The Balaban J connectivity index is 1.46. The van der Waals surface area contributed by atoms with Crippen LogP contribution in [-0.4, -0.2) is 44.5 Å². The molecule has 5 N–H and O–H groups in total. The van der Waals surface area contributed by atoms with Gasteiger partial charge in [0, 0.05) is 24.0 Å². The van der Waals surface area contributed by atoms with Gasteiger partial charge in [0.05, 0.1) is 36.0 Å². The summed E-state index contributed by atoms with van der Waals surface area (Å²) in [7, 11) is 0. The second-order valence-electron chi connectivity index (χ2n) is 8.21. The minimum Gasteiger partial charge on any atom is -0.394 e. The molecule has 0 bridgehead atoms. The number of aryl methyl sites for hydroxylation is 1. The monoisotopic (exact) mass is 525 g/mol. The predicted octanol–water partition coefficient (Wildman–Crippen LogP) is 4.54. The summed E-state index contributed by atoms with van der Waals surface area (Å²) < 4.78 is 18.9. The Labute approximate surface area is 217 Å². The van der Waals surface area contributed by atoms with Crippen molar-refractivity contribution in [1.82, 2.24) is 20.3 Å². The number of ether oxygens (including phenoxy) is 1. The summed E-state index contributed by atoms with van der Waals surface area (Å²) in [6.07, 6.45) is 2.51. The zero-order chi connectivity index (χ0) is 26.4. The number of aliphatic hydroxyl groups is 2. The second-order valence-corrected chi connectivity index (χ2v) is 8.62. The highest BCUT2D eigenvalue weighted by molar-refractivity contribution is 6.30. The lowest BCUT2D eigenvalue weighted by molar-refractivity contribution is 0.182. The van der Waals surface area contributed by atoms with Gasteiger partial charge < -0.3 is 30.6 Å². The lowest BCUT2D eigenvalue weighted by Gasteiger charge is -2.18. The Morgan fingerprint density at radius 2 is 1.86 bits per heavy atom. The van der Waals surface area contributed by atoms with Crippen molar-refractivity contribution < 1.29 is 24.1 Å². The molecule has 2 unspecified atom stereocenters. The first-order chi connectivity index (χ1) is 17.9. The van der Waals surface area contributed by atoms with E-state index in [0.29, 0.717) is 16.8 Å². The predicted molar refractivity (Wildman–Crippen MR) is 137 cm³/mol. The number of halogens is 2. The normalized spacial score (nSPS) is 12.6. The minimum absolute atomic E-state index is 0.0544. The van der Waals surface area contributed by atoms with E-state index in [1.165, 1.54) is 18.2 Å². The zero-order valence-electron chi connectivity index (χ0n) is 19.8. The van der Waals surface area contributed by atoms with Crippen molar-refractivity contribution >= 4 is 23.6 Å². The van der Waals surface area contributed by atoms with Crippen LogP contribution in [0.3, 0.4) is 0 Å². The Morgan fingerprint density at radius 3 is 2.57 bits per heavy atom. The van der Waals surface area contributed by atoms with Crippen molar-refractivity contribution in [1.29, 1.82) is 0 Å². The quantitative estimate of drug-likeness (QED) is 0.217. The van der Waals surface area contributed by atoms with Gasteiger partial charge in [0.25, 0.3) is 0 Å². The third kappa shape index (κ3) is 6.42. The highest BCUT2D eigenvalue weighted by Crippen LogP contribution is 2.27. The maximum absolute atomic E-state index is 13.5. The van der Waals surface area contributed by atoms with E-state index in [1.807, 2.05) is 25.1 Å². The number of rotatable bonds is 9. The Morgan fingerprint density at radius 1 is 1.11 bits per heavy atom. The largest absolute Gasteiger partial charge is 0.414 e. The van der Waals surface area contributed by atoms with E-state index in [-0.39, 0.29) is 30.1 Å². The molecular weight excluding hydrogens is 501 g/mol. The van der Waals surface area contributed by atoms with Gasteiger partial charge in [0.15, 0.2) is 0 Å². The van der Waals surface area contributed by atoms with E-state index in [1.54, 1.807) is 30.6 Å². The van der Waals surface area contributed by atoms with Crippen LogP contribution in [0.5, 0.6) is 5.88 Å². The number of hydrogen-bond donors (Lipinski definition) is 5. The van der Waals surface area contributed by atoms with Gasteiger partial charge >= 0.3 is 6.09 Å². The van der Waals surface area contributed by atoms with Crippen LogP contribution >= 0.6 is 11.6 Å². The SMILES string of the molecule is Cc1cnc(NC(CO)c2ccc(F)c(Cl)c2)nc1-c1c[nH]c(OC(=O)NC(CO)c2ccccc2)c1. The fraction of sp³-hybridized carbons (Fsp3) is 0.192. The summed E-state index contributed by atoms with van der Waals surface area (Å²) in [4.78, 5) is 24.1. The van der Waals surface area contributed by atoms with E-state index >= 15 is 0 Å². The number of H-pyrrole nitrogens is 1. The zero-order valence-corrected chi connectivity index (χ0v) is 20.5. The number of nitrogens with zero attached hydrogens (tertiary/aromatic N) is 2. The molecule has 0 spiro atoms. The molecule has 4 aromatic rings. The molecule has 0 saturated carbocycles. The molecule has 192 valence electrons. The lowest BCUT2D eigenvalue weighted by Crippen LogP contribution is -2.33. The summed E-state index contributed by atoms with van der Waals surface area (Å²) in [5, 5.41) is 25.1. The van der Waals surface area contributed by atoms with E-state index < -0.39 is 24.0 Å². The van der Waals surface area contributed by atoms with E-state index in [4.69, 9.17) is 16.3 Å². The minimum atomic E-state index is -0.734. The molecule has 37 heavy (non-hydrogen) atoms. The lowest BCUT2D eigenvalue weighted by atomic mass is 10.1. The first-order valence-corrected chi connectivity index (χ1v) is 11.7. The summed E-state index contributed by atoms with van der Waals surface area (Å²) in [6.45, 7) is 1.24. The standard InChI is InChI=1S/C26H25ClFN5O4/c1-15-11-30-25(31-22(14-35)17-7-8-20(28)19(27)9-17)33-24(15)18-10-23(29-12-18)37-26(36)32-21(13-34)16-5-3-2-4-6-16/h2-12,21-22,29,34-35H,13-14H2,1H3,(H,32,36)(H,30,31,33). The number of hydrogen-bond acceptors (Lipinski definition) is 7. The summed E-state index contributed by atoms with van der Waals surface area (Å²) in [6, 6.07) is 13.6. The molecule has 2 atom stereocenters. The van der Waals surface area contributed by atoms with Gasteiger partial charge in [-0.2, -0.15) is 0 Å². The molecule has 0 aliphatic heterocycles. The molecule has 0 aliphatic carbocycles. The number of carbonyl (C=O) groups excluding carboxylic acids is 1. The van der Waals surface area contributed by atoms with Crippen LogP contribution in [0.25, 0.3) is 11.3 Å². The molecule has 0 saturated heterocycles. The van der Waals surface area contributed by atoms with Gasteiger partial charge in [0.2, 0.25) is 11.8 Å². The summed E-state index contributed by atoms with van der Waals surface area (Å²) in [5.41, 5.74) is 3.28. The van der Waals surface area contributed by atoms with Crippen molar-refractivity contribution in [3.63, 3.8) is 0 Å². The van der Waals surface area contributed by atoms with E-state index in [2.05, 4.69) is 25.6 Å². The topological polar surface area (TPSA) is 132 Å². The average molecular weight is 526 g/mol. The molecule has 0 fully saturated rings. The number of aromatic amines is 1. The molecule has 0 radical (unpaired) electrons. The van der Waals surface area contributed by atoms with Gasteiger partial charge in [-0.25, -0.2) is 19.2 Å². The fourth-order valence-corrected chi connectivity index (χ4v) is 3.87. The fourth-order valence-electron chi connectivity index (χ4n) is 3.68. The van der Waals surface area contributed by atoms with Gasteiger partial charge in [0.1, 0.15) is 5.82 Å². The van der Waals surface area contributed by atoms with Crippen LogP contribution in [0.1, 0.15) is 28.8 Å². The number of aromatic nitrogens is 3. The van der Waals surface area contributed by atoms with Crippen LogP contribution in [0.4, 0.5) is 15.1 Å². The number of benzene rings is 2. The van der Waals surface area contributed by atoms with Crippen molar-refractivity contribution in [3.8, 4) is 17.1 Å². The van der Waals surface area contributed by atoms with Crippen LogP contribution < -0.4 is 15.4 Å². The molecule has 11 heteroatoms. The van der Waals surface area contributed by atoms with Crippen LogP contribution in [-0.2, 0) is 0 Å².